The molecule has 0 spiro atoms. The average Bonchev–Trinajstić information content (AvgIpc) is 2.69. The van der Waals surface area contributed by atoms with Crippen molar-refractivity contribution in [3.05, 3.63) is 30.0 Å². The first-order valence-corrected chi connectivity index (χ1v) is 9.55. The van der Waals surface area contributed by atoms with Crippen molar-refractivity contribution in [1.82, 2.24) is 14.8 Å². The number of likely N-dealkylation sites (tertiary alicyclic amines) is 1. The number of ketones is 1. The van der Waals surface area contributed by atoms with E-state index in [1.807, 2.05) is 44.3 Å². The van der Waals surface area contributed by atoms with E-state index in [-0.39, 0.29) is 5.78 Å². The van der Waals surface area contributed by atoms with E-state index >= 15 is 0 Å². The summed E-state index contributed by atoms with van der Waals surface area (Å²) in [5, 5.41) is 0. The Bertz CT molecular complexity index is 718. The van der Waals surface area contributed by atoms with Crippen LogP contribution in [0.15, 0.2) is 35.0 Å². The molecule has 7 nitrogen and oxygen atoms in total. The van der Waals surface area contributed by atoms with E-state index in [0.29, 0.717) is 13.1 Å². The number of hydrogen-bond acceptors (Lipinski definition) is 6. The summed E-state index contributed by atoms with van der Waals surface area (Å²) < 4.78 is 0. The highest BCUT2D eigenvalue weighted by Gasteiger charge is 2.24. The molecule has 3 heterocycles. The van der Waals surface area contributed by atoms with Gasteiger partial charge in [-0.1, -0.05) is 6.08 Å². The maximum atomic E-state index is 12.1. The predicted molar refractivity (Wildman–Crippen MR) is 111 cm³/mol. The average molecular weight is 371 g/mol. The number of anilines is 2. The molecule has 0 atom stereocenters. The summed E-state index contributed by atoms with van der Waals surface area (Å²) in [4.78, 5) is 30.2. The number of piperazine rings is 1. The molecule has 0 amide bonds. The summed E-state index contributed by atoms with van der Waals surface area (Å²) in [5.74, 6) is 1.82. The molecule has 2 aliphatic rings. The third-order valence-corrected chi connectivity index (χ3v) is 5.29. The van der Waals surface area contributed by atoms with Gasteiger partial charge >= 0.3 is 0 Å². The standard InChI is InChI=1S/C20H30N6O/c1-5-17-18(27)8-9-24(3)20(17)22-15-25(4)19-7-6-16(14-21-19)26-12-10-23(2)11-13-26/h5-7,14H,8-13,15H2,1-4H3/b17-5-,22-20+. The Morgan fingerprint density at radius 1 is 1.19 bits per heavy atom. The second kappa shape index (κ2) is 8.52. The number of aliphatic imine (C=N–C) groups is 1. The predicted octanol–water partition coefficient (Wildman–Crippen LogP) is 1.48. The third-order valence-electron chi connectivity index (χ3n) is 5.29. The van der Waals surface area contributed by atoms with Crippen molar-refractivity contribution < 1.29 is 4.79 Å². The SMILES string of the molecule is C/C=C1/C(=O)CCN(C)/C1=N/CN(C)c1ccc(N2CCN(C)CC2)cn1. The van der Waals surface area contributed by atoms with Crippen molar-refractivity contribution in [2.75, 3.05) is 70.3 Å². The van der Waals surface area contributed by atoms with Crippen molar-refractivity contribution in [1.29, 1.82) is 0 Å². The molecule has 0 N–H and O–H groups in total. The van der Waals surface area contributed by atoms with Crippen LogP contribution in [-0.4, -0.2) is 86.9 Å². The first-order chi connectivity index (χ1) is 13.0. The Kier molecular flexibility index (Phi) is 6.11. The highest BCUT2D eigenvalue weighted by Crippen LogP contribution is 2.19. The minimum Gasteiger partial charge on any atom is -0.368 e. The van der Waals surface area contributed by atoms with Gasteiger partial charge in [-0.25, -0.2) is 9.98 Å². The fourth-order valence-electron chi connectivity index (χ4n) is 3.44. The third kappa shape index (κ3) is 4.47. The number of nitrogens with zero attached hydrogens (tertiary/aromatic N) is 6. The number of aromatic nitrogens is 1. The summed E-state index contributed by atoms with van der Waals surface area (Å²) in [6, 6.07) is 4.17. The lowest BCUT2D eigenvalue weighted by atomic mass is 10.0. The summed E-state index contributed by atoms with van der Waals surface area (Å²) in [6.45, 7) is 7.31. The van der Waals surface area contributed by atoms with E-state index in [9.17, 15) is 4.79 Å². The summed E-state index contributed by atoms with van der Waals surface area (Å²) in [5.41, 5.74) is 1.89. The van der Waals surface area contributed by atoms with Crippen molar-refractivity contribution in [2.45, 2.75) is 13.3 Å². The second-order valence-electron chi connectivity index (χ2n) is 7.28. The molecule has 2 saturated heterocycles. The molecule has 3 rings (SSSR count). The Balaban J connectivity index is 1.65. The fourth-order valence-corrected chi connectivity index (χ4v) is 3.44. The minimum absolute atomic E-state index is 0.173. The van der Waals surface area contributed by atoms with Crippen molar-refractivity contribution >= 4 is 23.1 Å². The number of hydrogen-bond donors (Lipinski definition) is 0. The first-order valence-electron chi connectivity index (χ1n) is 9.55. The second-order valence-corrected chi connectivity index (χ2v) is 7.28. The Morgan fingerprint density at radius 3 is 2.56 bits per heavy atom. The van der Waals surface area contributed by atoms with Crippen molar-refractivity contribution in [3.63, 3.8) is 0 Å². The molecule has 0 aliphatic carbocycles. The Hall–Kier alpha value is -2.41. The van der Waals surface area contributed by atoms with Crippen LogP contribution >= 0.6 is 0 Å². The van der Waals surface area contributed by atoms with Crippen LogP contribution < -0.4 is 9.80 Å². The molecule has 0 bridgehead atoms. The maximum Gasteiger partial charge on any atom is 0.168 e. The number of piperidine rings is 1. The summed E-state index contributed by atoms with van der Waals surface area (Å²) in [7, 11) is 6.12. The maximum absolute atomic E-state index is 12.1. The molecule has 2 fully saturated rings. The van der Waals surface area contributed by atoms with E-state index in [1.165, 1.54) is 5.69 Å². The lowest BCUT2D eigenvalue weighted by molar-refractivity contribution is -0.115. The zero-order valence-electron chi connectivity index (χ0n) is 16.9. The lowest BCUT2D eigenvalue weighted by Gasteiger charge is -2.34. The highest BCUT2D eigenvalue weighted by molar-refractivity contribution is 6.22. The van der Waals surface area contributed by atoms with Crippen molar-refractivity contribution in [2.24, 2.45) is 4.99 Å². The topological polar surface area (TPSA) is 55.3 Å². The Labute approximate surface area is 162 Å². The molecule has 0 aromatic carbocycles. The Morgan fingerprint density at radius 2 is 1.93 bits per heavy atom. The molecular formula is C20H30N6O. The summed E-state index contributed by atoms with van der Waals surface area (Å²) >= 11 is 0. The van der Waals surface area contributed by atoms with Gasteiger partial charge in [-0.3, -0.25) is 4.79 Å². The molecule has 2 aliphatic heterocycles. The van der Waals surface area contributed by atoms with Crippen LogP contribution in [0.1, 0.15) is 13.3 Å². The van der Waals surface area contributed by atoms with Crippen LogP contribution in [0.2, 0.25) is 0 Å². The van der Waals surface area contributed by atoms with Gasteiger partial charge in [0.15, 0.2) is 5.78 Å². The van der Waals surface area contributed by atoms with Gasteiger partial charge in [0.25, 0.3) is 0 Å². The van der Waals surface area contributed by atoms with Crippen LogP contribution in [-0.2, 0) is 4.79 Å². The van der Waals surface area contributed by atoms with Crippen LogP contribution in [0, 0.1) is 0 Å². The number of carbonyl (C=O) groups is 1. The van der Waals surface area contributed by atoms with Crippen LogP contribution in [0.3, 0.4) is 0 Å². The van der Waals surface area contributed by atoms with Gasteiger partial charge in [0.2, 0.25) is 0 Å². The normalized spacial score (nSPS) is 22.0. The van der Waals surface area contributed by atoms with Crippen LogP contribution in [0.25, 0.3) is 0 Å². The van der Waals surface area contributed by atoms with E-state index < -0.39 is 0 Å². The van der Waals surface area contributed by atoms with Gasteiger partial charge in [-0.2, -0.15) is 0 Å². The number of rotatable bonds is 4. The smallest absolute Gasteiger partial charge is 0.168 e. The highest BCUT2D eigenvalue weighted by atomic mass is 16.1. The van der Waals surface area contributed by atoms with E-state index in [4.69, 9.17) is 0 Å². The number of pyridine rings is 1. The van der Waals surface area contributed by atoms with Crippen LogP contribution in [0.4, 0.5) is 11.5 Å². The van der Waals surface area contributed by atoms with E-state index in [2.05, 4.69) is 37.8 Å². The van der Waals surface area contributed by atoms with Gasteiger partial charge < -0.3 is 19.6 Å². The van der Waals surface area contributed by atoms with Crippen molar-refractivity contribution in [3.8, 4) is 0 Å². The first kappa shape index (κ1) is 19.4. The van der Waals surface area contributed by atoms with Gasteiger partial charge in [0.05, 0.1) is 17.5 Å². The molecular weight excluding hydrogens is 340 g/mol. The number of amidine groups is 1. The number of carbonyl (C=O) groups excluding carboxylic acids is 1. The molecule has 27 heavy (non-hydrogen) atoms. The van der Waals surface area contributed by atoms with Gasteiger partial charge in [-0.05, 0) is 26.1 Å². The number of Topliss-reactive ketones (excluding diaryl/α,β-unsaturated/α-hetero) is 1. The number of allylic oxidation sites excluding steroid dienone is 1. The quantitative estimate of drug-likeness (QED) is 0.749. The van der Waals surface area contributed by atoms with Gasteiger partial charge in [-0.15, -0.1) is 0 Å². The molecule has 0 unspecified atom stereocenters. The molecule has 1 aromatic rings. The monoisotopic (exact) mass is 370 g/mol. The number of likely N-dealkylation sites (N-methyl/N-ethyl adjacent to an activating group) is 2. The lowest BCUT2D eigenvalue weighted by Crippen LogP contribution is -2.44. The molecule has 146 valence electrons. The zero-order chi connectivity index (χ0) is 19.4. The van der Waals surface area contributed by atoms with Gasteiger partial charge in [0, 0.05) is 53.2 Å². The molecule has 0 saturated carbocycles. The molecule has 1 aromatic heterocycles. The van der Waals surface area contributed by atoms with Crippen LogP contribution in [0.5, 0.6) is 0 Å². The largest absolute Gasteiger partial charge is 0.368 e. The van der Waals surface area contributed by atoms with E-state index in [1.54, 1.807) is 0 Å². The van der Waals surface area contributed by atoms with E-state index in [0.717, 1.165) is 50.0 Å². The fraction of sp³-hybridized carbons (Fsp3) is 0.550. The summed E-state index contributed by atoms with van der Waals surface area (Å²) in [6.07, 6.45) is 4.36. The molecule has 7 heteroatoms. The van der Waals surface area contributed by atoms with Gasteiger partial charge in [0.1, 0.15) is 18.3 Å². The zero-order valence-corrected chi connectivity index (χ0v) is 16.9. The minimum atomic E-state index is 0.173. The molecule has 0 radical (unpaired) electrons.